The van der Waals surface area contributed by atoms with Crippen LogP contribution < -0.4 is 11.1 Å². The number of hydrogen-bond donors (Lipinski definition) is 2. The summed E-state index contributed by atoms with van der Waals surface area (Å²) in [5.74, 6) is 6.63. The molecule has 2 fully saturated rings. The molecule has 2 amide bonds. The fraction of sp³-hybridized carbons (Fsp3) is 0.407. The first-order chi connectivity index (χ1) is 18.3. The number of carbonyl (C=O) groups excluding carboxylic acids is 2. The number of primary amides is 1. The first-order valence-electron chi connectivity index (χ1n) is 12.5. The molecule has 1 saturated heterocycles. The van der Waals surface area contributed by atoms with Crippen LogP contribution in [0.15, 0.2) is 24.8 Å². The molecule has 3 heterocycles. The van der Waals surface area contributed by atoms with Crippen molar-refractivity contribution >= 4 is 40.3 Å². The summed E-state index contributed by atoms with van der Waals surface area (Å²) in [6.45, 7) is 6.35. The number of fused-ring (bicyclic) bond motifs is 1. The number of carbonyl (C=O) groups is 2. The molecule has 1 saturated carbocycles. The number of imidazole rings is 1. The van der Waals surface area contributed by atoms with E-state index in [1.54, 1.807) is 23.7 Å². The number of amides is 2. The topological polar surface area (TPSA) is 120 Å². The van der Waals surface area contributed by atoms with Crippen molar-refractivity contribution in [2.75, 3.05) is 32.6 Å². The molecule has 1 aliphatic heterocycles. The highest BCUT2D eigenvalue weighted by molar-refractivity contribution is 6.32. The number of likely N-dealkylation sites (tertiary alicyclic amines) is 1. The molecule has 0 radical (unpaired) electrons. The summed E-state index contributed by atoms with van der Waals surface area (Å²) in [6, 6.07) is 3.87. The van der Waals surface area contributed by atoms with Gasteiger partial charge < -0.3 is 25.3 Å². The molecule has 0 bridgehead atoms. The summed E-state index contributed by atoms with van der Waals surface area (Å²) in [6.07, 6.45) is 4.16. The van der Waals surface area contributed by atoms with Gasteiger partial charge in [0.05, 0.1) is 34.7 Å². The lowest BCUT2D eigenvalue weighted by Crippen LogP contribution is -2.37. The second-order valence-electron chi connectivity index (χ2n) is 9.66. The van der Waals surface area contributed by atoms with Crippen LogP contribution in [0.2, 0.25) is 5.02 Å². The van der Waals surface area contributed by atoms with Crippen LogP contribution >= 0.6 is 11.6 Å². The number of ether oxygens (including phenoxy) is 1. The average molecular weight is 536 g/mol. The van der Waals surface area contributed by atoms with Crippen LogP contribution in [0.1, 0.15) is 58.8 Å². The number of rotatable bonds is 7. The molecular formula is C27H30ClN7O3. The SMILES string of the molecule is C=CC(=O)N1C[C@@H](n2nc(C#Cc3cc4nc(C)n(C5CC5)c4cc3Cl)c(C(N)=O)c2NC)C[C@@H]1COC. The van der Waals surface area contributed by atoms with E-state index >= 15 is 0 Å². The summed E-state index contributed by atoms with van der Waals surface area (Å²) >= 11 is 6.62. The second-order valence-corrected chi connectivity index (χ2v) is 10.1. The predicted octanol–water partition coefficient (Wildman–Crippen LogP) is 3.04. The van der Waals surface area contributed by atoms with Crippen LogP contribution in [0, 0.1) is 18.8 Å². The van der Waals surface area contributed by atoms with E-state index in [1.165, 1.54) is 6.08 Å². The van der Waals surface area contributed by atoms with Gasteiger partial charge in [-0.05, 0) is 50.3 Å². The maximum atomic E-state index is 12.5. The molecular weight excluding hydrogens is 506 g/mol. The number of nitrogens with one attached hydrogen (secondary N) is 1. The molecule has 198 valence electrons. The van der Waals surface area contributed by atoms with Crippen LogP contribution in [0.4, 0.5) is 5.82 Å². The van der Waals surface area contributed by atoms with Gasteiger partial charge in [-0.3, -0.25) is 9.59 Å². The van der Waals surface area contributed by atoms with Gasteiger partial charge in [0.1, 0.15) is 17.2 Å². The van der Waals surface area contributed by atoms with E-state index in [1.807, 2.05) is 19.1 Å². The van der Waals surface area contributed by atoms with Crippen molar-refractivity contribution in [3.8, 4) is 11.8 Å². The quantitative estimate of drug-likeness (QED) is 0.354. The Kier molecular flexibility index (Phi) is 6.90. The number of hydrogen-bond acceptors (Lipinski definition) is 6. The Bertz CT molecular complexity index is 1510. The zero-order valence-corrected chi connectivity index (χ0v) is 22.4. The van der Waals surface area contributed by atoms with E-state index < -0.39 is 5.91 Å². The van der Waals surface area contributed by atoms with Crippen molar-refractivity contribution in [1.82, 2.24) is 24.2 Å². The minimum absolute atomic E-state index is 0.152. The number of methoxy groups -OCH3 is 1. The van der Waals surface area contributed by atoms with Gasteiger partial charge in [0, 0.05) is 32.3 Å². The minimum atomic E-state index is -0.657. The largest absolute Gasteiger partial charge is 0.383 e. The van der Waals surface area contributed by atoms with Crippen LogP contribution in [-0.4, -0.2) is 69.4 Å². The van der Waals surface area contributed by atoms with Gasteiger partial charge in [-0.25, -0.2) is 9.67 Å². The smallest absolute Gasteiger partial charge is 0.255 e. The van der Waals surface area contributed by atoms with Gasteiger partial charge in [-0.1, -0.05) is 24.1 Å². The number of aromatic nitrogens is 4. The standard InChI is InChI=1S/C27H30ClN7O3/c1-5-24(36)33-13-18(11-19(33)14-38-4)35-27(30-3)25(26(29)37)21(32-35)9-6-16-10-22-23(12-20(16)28)34(15(2)31-22)17-7-8-17/h5,10,12,17-19,30H,1,7-8,11,13-14H2,2-4H3,(H2,29,37)/t18-,19+/m0/s1. The molecule has 1 aromatic carbocycles. The molecule has 2 aromatic heterocycles. The van der Waals surface area contributed by atoms with E-state index in [2.05, 4.69) is 33.4 Å². The van der Waals surface area contributed by atoms with Crippen molar-refractivity contribution in [2.45, 2.75) is 44.3 Å². The fourth-order valence-electron chi connectivity index (χ4n) is 5.32. The van der Waals surface area contributed by atoms with Gasteiger partial charge >= 0.3 is 0 Å². The fourth-order valence-corrected chi connectivity index (χ4v) is 5.52. The second kappa shape index (κ2) is 10.2. The minimum Gasteiger partial charge on any atom is -0.383 e. The number of halogens is 1. The Balaban J connectivity index is 1.53. The summed E-state index contributed by atoms with van der Waals surface area (Å²) in [7, 11) is 3.28. The number of aryl methyl sites for hydroxylation is 1. The van der Waals surface area contributed by atoms with Crippen molar-refractivity contribution in [3.63, 3.8) is 0 Å². The lowest BCUT2D eigenvalue weighted by molar-refractivity contribution is -0.127. The summed E-state index contributed by atoms with van der Waals surface area (Å²) in [5, 5.41) is 8.21. The Hall–Kier alpha value is -3.81. The van der Waals surface area contributed by atoms with Gasteiger partial charge in [-0.2, -0.15) is 5.10 Å². The molecule has 11 heteroatoms. The van der Waals surface area contributed by atoms with Crippen LogP contribution in [0.3, 0.4) is 0 Å². The maximum Gasteiger partial charge on any atom is 0.255 e. The van der Waals surface area contributed by atoms with Crippen molar-refractivity contribution in [3.05, 3.63) is 52.5 Å². The monoisotopic (exact) mass is 535 g/mol. The Labute approximate surface area is 225 Å². The number of anilines is 1. The predicted molar refractivity (Wildman–Crippen MR) is 145 cm³/mol. The molecule has 2 aliphatic rings. The molecule has 0 spiro atoms. The summed E-state index contributed by atoms with van der Waals surface area (Å²) in [5.41, 5.74) is 8.57. The third kappa shape index (κ3) is 4.52. The van der Waals surface area contributed by atoms with E-state index in [4.69, 9.17) is 27.1 Å². The first-order valence-corrected chi connectivity index (χ1v) is 12.9. The number of nitrogens with zero attached hydrogens (tertiary/aromatic N) is 5. The Morgan fingerprint density at radius 2 is 2.08 bits per heavy atom. The molecule has 1 aliphatic carbocycles. The molecule has 3 aromatic rings. The molecule has 38 heavy (non-hydrogen) atoms. The van der Waals surface area contributed by atoms with Gasteiger partial charge in [0.25, 0.3) is 5.91 Å². The highest BCUT2D eigenvalue weighted by atomic mass is 35.5. The molecule has 2 atom stereocenters. The number of benzene rings is 1. The maximum absolute atomic E-state index is 12.5. The van der Waals surface area contributed by atoms with Gasteiger partial charge in [-0.15, -0.1) is 0 Å². The first kappa shape index (κ1) is 25.8. The van der Waals surface area contributed by atoms with E-state index in [-0.39, 0.29) is 29.2 Å². The van der Waals surface area contributed by atoms with Crippen molar-refractivity contribution < 1.29 is 14.3 Å². The Morgan fingerprint density at radius 1 is 1.32 bits per heavy atom. The van der Waals surface area contributed by atoms with Crippen LogP contribution in [0.5, 0.6) is 0 Å². The zero-order chi connectivity index (χ0) is 27.1. The lowest BCUT2D eigenvalue weighted by Gasteiger charge is -2.22. The van der Waals surface area contributed by atoms with Gasteiger partial charge in [0.15, 0.2) is 5.69 Å². The average Bonchev–Trinajstić information content (AvgIpc) is 3.38. The third-order valence-corrected chi connectivity index (χ3v) is 7.44. The zero-order valence-electron chi connectivity index (χ0n) is 21.6. The van der Waals surface area contributed by atoms with Crippen LogP contribution in [0.25, 0.3) is 11.0 Å². The highest BCUT2D eigenvalue weighted by Crippen LogP contribution is 2.39. The normalized spacial score (nSPS) is 18.9. The van der Waals surface area contributed by atoms with Crippen molar-refractivity contribution in [1.29, 1.82) is 0 Å². The van der Waals surface area contributed by atoms with E-state index in [0.29, 0.717) is 42.0 Å². The summed E-state index contributed by atoms with van der Waals surface area (Å²) in [4.78, 5) is 31.4. The van der Waals surface area contributed by atoms with E-state index in [0.717, 1.165) is 29.7 Å². The van der Waals surface area contributed by atoms with Crippen molar-refractivity contribution in [2.24, 2.45) is 5.73 Å². The third-order valence-electron chi connectivity index (χ3n) is 7.13. The molecule has 0 unspecified atom stereocenters. The highest BCUT2D eigenvalue weighted by Gasteiger charge is 2.38. The number of nitrogens with two attached hydrogens (primary N) is 1. The molecule has 5 rings (SSSR count). The lowest BCUT2D eigenvalue weighted by atomic mass is 10.1. The van der Waals surface area contributed by atoms with E-state index in [9.17, 15) is 9.59 Å². The van der Waals surface area contributed by atoms with Gasteiger partial charge in [0.2, 0.25) is 5.91 Å². The summed E-state index contributed by atoms with van der Waals surface area (Å²) < 4.78 is 9.24. The molecule has 3 N–H and O–H groups in total. The molecule has 10 nitrogen and oxygen atoms in total. The Morgan fingerprint density at radius 3 is 2.71 bits per heavy atom. The van der Waals surface area contributed by atoms with Crippen LogP contribution in [-0.2, 0) is 9.53 Å².